The van der Waals surface area contributed by atoms with Gasteiger partial charge < -0.3 is 0 Å². The molecule has 0 spiro atoms. The summed E-state index contributed by atoms with van der Waals surface area (Å²) in [6.07, 6.45) is 0. The minimum Gasteiger partial charge on any atom is -0.277 e. The fourth-order valence-corrected chi connectivity index (χ4v) is 1.64. The average Bonchev–Trinajstić information content (AvgIpc) is 2.46. The van der Waals surface area contributed by atoms with Gasteiger partial charge in [-0.25, -0.2) is 0 Å². The van der Waals surface area contributed by atoms with Crippen molar-refractivity contribution in [1.82, 2.24) is 10.2 Å². The summed E-state index contributed by atoms with van der Waals surface area (Å²) in [6.45, 7) is 0. The maximum atomic E-state index is 10.9. The van der Waals surface area contributed by atoms with E-state index in [2.05, 4.69) is 26.1 Å². The van der Waals surface area contributed by atoms with Gasteiger partial charge in [0.25, 0.3) is 5.24 Å². The zero-order valence-electron chi connectivity index (χ0n) is 6.34. The molecule has 13 heavy (non-hydrogen) atoms. The molecule has 0 bridgehead atoms. The second kappa shape index (κ2) is 3.12. The van der Waals surface area contributed by atoms with Gasteiger partial charge in [0.2, 0.25) is 0 Å². The Morgan fingerprint density at radius 3 is 3.00 bits per heavy atom. The number of nitrogens with one attached hydrogen (secondary N) is 1. The molecule has 0 aliphatic carbocycles. The minimum absolute atomic E-state index is 0.262. The maximum absolute atomic E-state index is 10.9. The third-order valence-corrected chi connectivity index (χ3v) is 2.38. The molecular weight excluding hydrogens is 255 g/mol. The molecule has 0 saturated carbocycles. The highest BCUT2D eigenvalue weighted by atomic mass is 79.9. The molecule has 0 aliphatic rings. The average molecular weight is 259 g/mol. The van der Waals surface area contributed by atoms with Gasteiger partial charge >= 0.3 is 0 Å². The summed E-state index contributed by atoms with van der Waals surface area (Å²) in [5.41, 5.74) is 1.06. The molecule has 0 fully saturated rings. The van der Waals surface area contributed by atoms with Crippen LogP contribution < -0.4 is 0 Å². The van der Waals surface area contributed by atoms with Crippen LogP contribution in [0.4, 0.5) is 0 Å². The van der Waals surface area contributed by atoms with E-state index in [1.165, 1.54) is 0 Å². The Morgan fingerprint density at radius 2 is 2.31 bits per heavy atom. The lowest BCUT2D eigenvalue weighted by Gasteiger charge is -1.90. The normalized spacial score (nSPS) is 10.6. The number of carbonyl (C=O) groups excluding carboxylic acids is 1. The molecule has 0 radical (unpaired) electrons. The van der Waals surface area contributed by atoms with E-state index in [9.17, 15) is 4.79 Å². The number of nitrogens with zero attached hydrogens (tertiary/aromatic N) is 1. The lowest BCUT2D eigenvalue weighted by Crippen LogP contribution is -1.88. The number of aromatic nitrogens is 2. The number of fused-ring (bicyclic) bond motifs is 1. The zero-order valence-corrected chi connectivity index (χ0v) is 8.69. The van der Waals surface area contributed by atoms with Crippen molar-refractivity contribution in [1.29, 1.82) is 0 Å². The minimum atomic E-state index is -0.552. The summed E-state index contributed by atoms with van der Waals surface area (Å²) in [5.74, 6) is 0. The van der Waals surface area contributed by atoms with Crippen LogP contribution in [-0.4, -0.2) is 15.4 Å². The molecule has 0 amide bonds. The van der Waals surface area contributed by atoms with Crippen LogP contribution in [0, 0.1) is 0 Å². The van der Waals surface area contributed by atoms with Crippen LogP contribution in [0.15, 0.2) is 22.7 Å². The van der Waals surface area contributed by atoms with Gasteiger partial charge in [-0.3, -0.25) is 9.89 Å². The summed E-state index contributed by atoms with van der Waals surface area (Å²) < 4.78 is 0.889. The molecule has 0 atom stereocenters. The summed E-state index contributed by atoms with van der Waals surface area (Å²) in [5, 5.41) is 6.71. The topological polar surface area (TPSA) is 45.8 Å². The van der Waals surface area contributed by atoms with Crippen LogP contribution in [0.25, 0.3) is 10.9 Å². The van der Waals surface area contributed by atoms with Crippen molar-refractivity contribution in [2.24, 2.45) is 0 Å². The summed E-state index contributed by atoms with van der Waals surface area (Å²) in [6, 6.07) is 5.49. The summed E-state index contributed by atoms with van der Waals surface area (Å²) in [7, 11) is 0. The van der Waals surface area contributed by atoms with Gasteiger partial charge in [-0.2, -0.15) is 5.10 Å². The lowest BCUT2D eigenvalue weighted by molar-refractivity contribution is 0.107. The number of H-pyrrole nitrogens is 1. The Balaban J connectivity index is 2.79. The first-order chi connectivity index (χ1) is 6.18. The molecule has 1 aromatic heterocycles. The highest BCUT2D eigenvalue weighted by Gasteiger charge is 2.11. The fourth-order valence-electron chi connectivity index (χ4n) is 1.14. The van der Waals surface area contributed by atoms with Crippen molar-refractivity contribution in [2.75, 3.05) is 0 Å². The van der Waals surface area contributed by atoms with Crippen LogP contribution in [0.5, 0.6) is 0 Å². The highest BCUT2D eigenvalue weighted by Crippen LogP contribution is 2.21. The van der Waals surface area contributed by atoms with Gasteiger partial charge in [0, 0.05) is 9.86 Å². The molecule has 1 N–H and O–H groups in total. The molecule has 5 heteroatoms. The van der Waals surface area contributed by atoms with Crippen LogP contribution in [0.1, 0.15) is 10.5 Å². The van der Waals surface area contributed by atoms with Gasteiger partial charge in [0.15, 0.2) is 5.69 Å². The Kier molecular flexibility index (Phi) is 2.09. The van der Waals surface area contributed by atoms with Crippen LogP contribution in [0.3, 0.4) is 0 Å². The number of hydrogen-bond donors (Lipinski definition) is 1. The van der Waals surface area contributed by atoms with Gasteiger partial charge in [-0.15, -0.1) is 0 Å². The van der Waals surface area contributed by atoms with Gasteiger partial charge in [-0.1, -0.05) is 15.9 Å². The van der Waals surface area contributed by atoms with E-state index in [0.717, 1.165) is 15.4 Å². The van der Waals surface area contributed by atoms with Crippen molar-refractivity contribution >= 4 is 43.7 Å². The SMILES string of the molecule is O=C(Cl)c1n[nH]c2ccc(Br)cc12. The maximum Gasteiger partial charge on any atom is 0.273 e. The van der Waals surface area contributed by atoms with Crippen molar-refractivity contribution in [3.63, 3.8) is 0 Å². The predicted molar refractivity (Wildman–Crippen MR) is 54.0 cm³/mol. The standard InChI is InChI=1S/C8H4BrClN2O/c9-4-1-2-6-5(3-4)7(8(10)13)12-11-6/h1-3H,(H,11,12). The van der Waals surface area contributed by atoms with Gasteiger partial charge in [-0.05, 0) is 29.8 Å². The third-order valence-electron chi connectivity index (χ3n) is 1.71. The second-order valence-electron chi connectivity index (χ2n) is 2.54. The zero-order chi connectivity index (χ0) is 9.42. The molecule has 0 unspecified atom stereocenters. The molecule has 1 aromatic carbocycles. The largest absolute Gasteiger partial charge is 0.277 e. The van der Waals surface area contributed by atoms with Crippen molar-refractivity contribution < 1.29 is 4.79 Å². The number of halogens is 2. The smallest absolute Gasteiger partial charge is 0.273 e. The van der Waals surface area contributed by atoms with Crippen molar-refractivity contribution in [3.8, 4) is 0 Å². The number of benzene rings is 1. The fraction of sp³-hybridized carbons (Fsp3) is 0. The summed E-state index contributed by atoms with van der Waals surface area (Å²) in [4.78, 5) is 10.9. The lowest BCUT2D eigenvalue weighted by atomic mass is 10.2. The van der Waals surface area contributed by atoms with E-state index < -0.39 is 5.24 Å². The molecule has 2 aromatic rings. The Morgan fingerprint density at radius 1 is 1.54 bits per heavy atom. The first kappa shape index (κ1) is 8.72. The number of hydrogen-bond acceptors (Lipinski definition) is 2. The molecule has 2 rings (SSSR count). The van der Waals surface area contributed by atoms with Crippen LogP contribution >= 0.6 is 27.5 Å². The second-order valence-corrected chi connectivity index (χ2v) is 3.79. The molecule has 0 aliphatic heterocycles. The first-order valence-electron chi connectivity index (χ1n) is 3.52. The summed E-state index contributed by atoms with van der Waals surface area (Å²) >= 11 is 8.64. The molecule has 66 valence electrons. The van der Waals surface area contributed by atoms with E-state index in [4.69, 9.17) is 11.6 Å². The predicted octanol–water partition coefficient (Wildman–Crippen LogP) is 2.70. The quantitative estimate of drug-likeness (QED) is 0.800. The van der Waals surface area contributed by atoms with Gasteiger partial charge in [0.05, 0.1) is 5.52 Å². The van der Waals surface area contributed by atoms with E-state index in [0.29, 0.717) is 0 Å². The Bertz CT molecular complexity index is 480. The van der Waals surface area contributed by atoms with E-state index >= 15 is 0 Å². The van der Waals surface area contributed by atoms with Crippen molar-refractivity contribution in [2.45, 2.75) is 0 Å². The van der Waals surface area contributed by atoms with E-state index in [1.54, 1.807) is 6.07 Å². The van der Waals surface area contributed by atoms with Crippen LogP contribution in [0.2, 0.25) is 0 Å². The molecule has 1 heterocycles. The van der Waals surface area contributed by atoms with E-state index in [1.807, 2.05) is 12.1 Å². The Labute approximate surface area is 87.2 Å². The highest BCUT2D eigenvalue weighted by molar-refractivity contribution is 9.10. The molecule has 0 saturated heterocycles. The molecule has 3 nitrogen and oxygen atoms in total. The number of aromatic amines is 1. The number of carbonyl (C=O) groups is 1. The van der Waals surface area contributed by atoms with Gasteiger partial charge in [0.1, 0.15) is 0 Å². The Hall–Kier alpha value is -0.870. The monoisotopic (exact) mass is 258 g/mol. The first-order valence-corrected chi connectivity index (χ1v) is 4.69. The third kappa shape index (κ3) is 1.47. The van der Waals surface area contributed by atoms with Crippen molar-refractivity contribution in [3.05, 3.63) is 28.4 Å². The van der Waals surface area contributed by atoms with E-state index in [-0.39, 0.29) is 5.69 Å². The van der Waals surface area contributed by atoms with Crippen LogP contribution in [-0.2, 0) is 0 Å². The molecular formula is C8H4BrClN2O. The number of rotatable bonds is 1.